The molecule has 0 unspecified atom stereocenters. The van der Waals surface area contributed by atoms with Gasteiger partial charge in [0.05, 0.1) is 22.3 Å². The molecule has 3 rings (SSSR count). The van der Waals surface area contributed by atoms with Crippen LogP contribution >= 0.6 is 0 Å². The molecule has 0 aliphatic rings. The third kappa shape index (κ3) is 2.77. The van der Waals surface area contributed by atoms with Crippen molar-refractivity contribution in [3.63, 3.8) is 0 Å². The number of pyridine rings is 1. The molecule has 0 aliphatic carbocycles. The second kappa shape index (κ2) is 6.43. The van der Waals surface area contributed by atoms with Gasteiger partial charge in [-0.05, 0) is 33.8 Å². The Bertz CT molecular complexity index is 881. The highest BCUT2D eigenvalue weighted by Gasteiger charge is 2.20. The number of nitrogens with zero attached hydrogens (tertiary/aromatic N) is 3. The normalized spacial score (nSPS) is 11.2. The summed E-state index contributed by atoms with van der Waals surface area (Å²) in [6.07, 6.45) is 0. The number of fused-ring (bicyclic) bond motifs is 1. The first-order valence-electron chi connectivity index (χ1n) is 8.26. The van der Waals surface area contributed by atoms with Crippen LogP contribution < -0.4 is 5.32 Å². The summed E-state index contributed by atoms with van der Waals surface area (Å²) < 4.78 is 1.89. The van der Waals surface area contributed by atoms with Crippen LogP contribution in [0.3, 0.4) is 0 Å². The summed E-state index contributed by atoms with van der Waals surface area (Å²) in [7, 11) is 0. The minimum absolute atomic E-state index is 0.0894. The number of amides is 1. The zero-order valence-corrected chi connectivity index (χ0v) is 14.5. The van der Waals surface area contributed by atoms with Crippen LogP contribution in [0.4, 0.5) is 0 Å². The molecule has 5 heteroatoms. The molecule has 0 saturated carbocycles. The van der Waals surface area contributed by atoms with Crippen molar-refractivity contribution in [3.05, 3.63) is 47.7 Å². The average Bonchev–Trinajstić information content (AvgIpc) is 2.92. The largest absolute Gasteiger partial charge is 0.352 e. The number of aryl methyl sites for hydroxylation is 1. The van der Waals surface area contributed by atoms with E-state index in [2.05, 4.69) is 24.3 Å². The van der Waals surface area contributed by atoms with E-state index < -0.39 is 0 Å². The first-order valence-corrected chi connectivity index (χ1v) is 8.26. The van der Waals surface area contributed by atoms with Crippen molar-refractivity contribution in [1.82, 2.24) is 20.1 Å². The van der Waals surface area contributed by atoms with Crippen LogP contribution in [-0.4, -0.2) is 27.2 Å². The van der Waals surface area contributed by atoms with Gasteiger partial charge in [-0.15, -0.1) is 0 Å². The molecule has 3 aromatic rings. The molecule has 1 aromatic carbocycles. The van der Waals surface area contributed by atoms with E-state index in [0.717, 1.165) is 28.0 Å². The maximum absolute atomic E-state index is 12.6. The highest BCUT2D eigenvalue weighted by molar-refractivity contribution is 6.07. The third-order valence-electron chi connectivity index (χ3n) is 3.98. The van der Waals surface area contributed by atoms with E-state index in [4.69, 9.17) is 4.98 Å². The van der Waals surface area contributed by atoms with Gasteiger partial charge in [0, 0.05) is 18.2 Å². The molecule has 0 spiro atoms. The lowest BCUT2D eigenvalue weighted by Gasteiger charge is -2.10. The van der Waals surface area contributed by atoms with Gasteiger partial charge in [0.25, 0.3) is 5.91 Å². The van der Waals surface area contributed by atoms with Crippen molar-refractivity contribution in [3.8, 4) is 11.3 Å². The first kappa shape index (κ1) is 16.2. The van der Waals surface area contributed by atoms with E-state index in [-0.39, 0.29) is 11.9 Å². The van der Waals surface area contributed by atoms with Crippen LogP contribution in [0.25, 0.3) is 22.3 Å². The van der Waals surface area contributed by atoms with Gasteiger partial charge < -0.3 is 5.32 Å². The van der Waals surface area contributed by atoms with Crippen molar-refractivity contribution in [2.75, 3.05) is 6.54 Å². The fraction of sp³-hybridized carbons (Fsp3) is 0.316. The number of benzene rings is 1. The molecule has 0 radical (unpaired) electrons. The molecule has 2 aromatic heterocycles. The summed E-state index contributed by atoms with van der Waals surface area (Å²) in [4.78, 5) is 17.4. The van der Waals surface area contributed by atoms with Crippen LogP contribution in [0.2, 0.25) is 0 Å². The summed E-state index contributed by atoms with van der Waals surface area (Å²) in [5, 5.41) is 8.32. The standard InChI is InChI=1S/C19H22N4O/c1-5-20-19(24)15-11-16(14-9-7-6-8-10-14)21-18-17(15)13(4)22-23(18)12(2)3/h6-12H,5H2,1-4H3,(H,20,24). The highest BCUT2D eigenvalue weighted by Crippen LogP contribution is 2.28. The quantitative estimate of drug-likeness (QED) is 0.796. The topological polar surface area (TPSA) is 59.8 Å². The smallest absolute Gasteiger partial charge is 0.252 e. The summed E-state index contributed by atoms with van der Waals surface area (Å²) in [5.74, 6) is -0.0894. The molecule has 0 fully saturated rings. The predicted molar refractivity (Wildman–Crippen MR) is 96.1 cm³/mol. The van der Waals surface area contributed by atoms with Crippen molar-refractivity contribution in [2.24, 2.45) is 0 Å². The zero-order chi connectivity index (χ0) is 17.3. The molecule has 0 saturated heterocycles. The Kier molecular flexibility index (Phi) is 4.34. The molecule has 124 valence electrons. The molecule has 2 heterocycles. The van der Waals surface area contributed by atoms with E-state index in [9.17, 15) is 4.79 Å². The zero-order valence-electron chi connectivity index (χ0n) is 14.5. The molecule has 0 bridgehead atoms. The van der Waals surface area contributed by atoms with Gasteiger partial charge in [-0.1, -0.05) is 30.3 Å². The number of hydrogen-bond donors (Lipinski definition) is 1. The molecule has 0 atom stereocenters. The van der Waals surface area contributed by atoms with Crippen LogP contribution in [0.15, 0.2) is 36.4 Å². The third-order valence-corrected chi connectivity index (χ3v) is 3.98. The van der Waals surface area contributed by atoms with Crippen molar-refractivity contribution in [1.29, 1.82) is 0 Å². The lowest BCUT2D eigenvalue weighted by atomic mass is 10.0. The van der Waals surface area contributed by atoms with Crippen LogP contribution in [0.1, 0.15) is 42.9 Å². The van der Waals surface area contributed by atoms with E-state index in [1.807, 2.05) is 54.9 Å². The Morgan fingerprint density at radius 3 is 2.58 bits per heavy atom. The van der Waals surface area contributed by atoms with E-state index in [0.29, 0.717) is 12.1 Å². The minimum Gasteiger partial charge on any atom is -0.352 e. The maximum Gasteiger partial charge on any atom is 0.252 e. The van der Waals surface area contributed by atoms with Gasteiger partial charge in [-0.3, -0.25) is 4.79 Å². The molecule has 5 nitrogen and oxygen atoms in total. The fourth-order valence-corrected chi connectivity index (χ4v) is 2.86. The van der Waals surface area contributed by atoms with E-state index in [1.54, 1.807) is 0 Å². The Hall–Kier alpha value is -2.69. The Morgan fingerprint density at radius 1 is 1.25 bits per heavy atom. The first-order chi connectivity index (χ1) is 11.5. The van der Waals surface area contributed by atoms with Gasteiger partial charge in [0.2, 0.25) is 0 Å². The van der Waals surface area contributed by atoms with Gasteiger partial charge in [0.1, 0.15) is 0 Å². The second-order valence-corrected chi connectivity index (χ2v) is 6.10. The number of hydrogen-bond acceptors (Lipinski definition) is 3. The maximum atomic E-state index is 12.6. The molecular weight excluding hydrogens is 300 g/mol. The molecule has 1 N–H and O–H groups in total. The Morgan fingerprint density at radius 2 is 1.96 bits per heavy atom. The Labute approximate surface area is 141 Å². The molecule has 0 aliphatic heterocycles. The SMILES string of the molecule is CCNC(=O)c1cc(-c2ccccc2)nc2c1c(C)nn2C(C)C. The number of carbonyl (C=O) groups is 1. The monoisotopic (exact) mass is 322 g/mol. The average molecular weight is 322 g/mol. The summed E-state index contributed by atoms with van der Waals surface area (Å²) in [6.45, 7) is 8.55. The minimum atomic E-state index is -0.0894. The Balaban J connectivity index is 2.32. The van der Waals surface area contributed by atoms with Gasteiger partial charge in [0.15, 0.2) is 5.65 Å². The number of nitrogens with one attached hydrogen (secondary N) is 1. The van der Waals surface area contributed by atoms with Crippen LogP contribution in [-0.2, 0) is 0 Å². The lowest BCUT2D eigenvalue weighted by Crippen LogP contribution is -2.23. The van der Waals surface area contributed by atoms with E-state index >= 15 is 0 Å². The fourth-order valence-electron chi connectivity index (χ4n) is 2.86. The van der Waals surface area contributed by atoms with Gasteiger partial charge in [-0.25, -0.2) is 9.67 Å². The molecule has 1 amide bonds. The van der Waals surface area contributed by atoms with Gasteiger partial charge in [-0.2, -0.15) is 5.10 Å². The predicted octanol–water partition coefficient (Wildman–Crippen LogP) is 3.74. The van der Waals surface area contributed by atoms with Crippen molar-refractivity contribution >= 4 is 16.9 Å². The van der Waals surface area contributed by atoms with Crippen LogP contribution in [0.5, 0.6) is 0 Å². The molecular formula is C19H22N4O. The summed E-state index contributed by atoms with van der Waals surface area (Å²) in [6, 6.07) is 11.9. The lowest BCUT2D eigenvalue weighted by molar-refractivity contribution is 0.0957. The van der Waals surface area contributed by atoms with Crippen molar-refractivity contribution in [2.45, 2.75) is 33.7 Å². The molecule has 24 heavy (non-hydrogen) atoms. The summed E-state index contributed by atoms with van der Waals surface area (Å²) in [5.41, 5.74) is 3.98. The second-order valence-electron chi connectivity index (χ2n) is 6.10. The highest BCUT2D eigenvalue weighted by atomic mass is 16.1. The van der Waals surface area contributed by atoms with E-state index in [1.165, 1.54) is 0 Å². The van der Waals surface area contributed by atoms with Gasteiger partial charge >= 0.3 is 0 Å². The number of carbonyl (C=O) groups excluding carboxylic acids is 1. The van der Waals surface area contributed by atoms with Crippen molar-refractivity contribution < 1.29 is 4.79 Å². The number of aromatic nitrogens is 3. The summed E-state index contributed by atoms with van der Waals surface area (Å²) >= 11 is 0. The van der Waals surface area contributed by atoms with Crippen LogP contribution in [0, 0.1) is 6.92 Å². The number of rotatable bonds is 4.